The van der Waals surface area contributed by atoms with Gasteiger partial charge in [0, 0.05) is 23.8 Å². The third-order valence-electron chi connectivity index (χ3n) is 4.18. The molecule has 2 aromatic rings. The highest BCUT2D eigenvalue weighted by Gasteiger charge is 2.33. The fraction of sp³-hybridized carbons (Fsp3) is 0.348. The first-order valence-corrected chi connectivity index (χ1v) is 9.22. The van der Waals surface area contributed by atoms with Crippen LogP contribution in [0.4, 0.5) is 0 Å². The Hall–Kier alpha value is -2.79. The molecule has 0 fully saturated rings. The molecule has 28 heavy (non-hydrogen) atoms. The third-order valence-corrected chi connectivity index (χ3v) is 4.18. The lowest BCUT2D eigenvalue weighted by molar-refractivity contribution is -0.154. The van der Waals surface area contributed by atoms with Gasteiger partial charge in [-0.05, 0) is 18.1 Å². The van der Waals surface area contributed by atoms with Crippen molar-refractivity contribution in [1.82, 2.24) is 0 Å². The second-order valence-corrected chi connectivity index (χ2v) is 6.69. The summed E-state index contributed by atoms with van der Waals surface area (Å²) in [4.78, 5) is 12.2. The Bertz CT molecular complexity index is 784. The summed E-state index contributed by atoms with van der Waals surface area (Å²) >= 11 is 0. The number of hydrogen-bond acceptors (Lipinski definition) is 5. The molecule has 2 aromatic carbocycles. The van der Waals surface area contributed by atoms with E-state index in [1.807, 2.05) is 48.5 Å². The van der Waals surface area contributed by atoms with Crippen molar-refractivity contribution in [1.29, 1.82) is 0 Å². The molecule has 0 saturated carbocycles. The van der Waals surface area contributed by atoms with Crippen LogP contribution in [0.3, 0.4) is 0 Å². The van der Waals surface area contributed by atoms with Crippen LogP contribution in [0.15, 0.2) is 61.2 Å². The minimum atomic E-state index is -0.739. The van der Waals surface area contributed by atoms with E-state index in [0.29, 0.717) is 29.6 Å². The molecule has 5 nitrogen and oxygen atoms in total. The van der Waals surface area contributed by atoms with E-state index >= 15 is 0 Å². The van der Waals surface area contributed by atoms with Crippen molar-refractivity contribution >= 4 is 5.97 Å². The lowest BCUT2D eigenvalue weighted by Gasteiger charge is -2.30. The minimum absolute atomic E-state index is 0.297. The summed E-state index contributed by atoms with van der Waals surface area (Å²) in [7, 11) is 3.19. The van der Waals surface area contributed by atoms with Gasteiger partial charge in [-0.3, -0.25) is 0 Å². The molecule has 0 amide bonds. The van der Waals surface area contributed by atoms with Gasteiger partial charge in [0.15, 0.2) is 6.10 Å². The van der Waals surface area contributed by atoms with Crippen LogP contribution >= 0.6 is 0 Å². The first-order chi connectivity index (χ1) is 13.5. The molecule has 0 aromatic heterocycles. The maximum Gasteiger partial charge on any atom is 0.330 e. The lowest BCUT2D eigenvalue weighted by Crippen LogP contribution is -2.22. The van der Waals surface area contributed by atoms with Gasteiger partial charge in [-0.1, -0.05) is 56.8 Å². The number of esters is 1. The van der Waals surface area contributed by atoms with Gasteiger partial charge in [-0.2, -0.15) is 0 Å². The fourth-order valence-corrected chi connectivity index (χ4v) is 2.90. The Morgan fingerprint density at radius 2 is 1.43 bits per heavy atom. The molecule has 2 atom stereocenters. The number of para-hydroxylation sites is 2. The molecule has 0 spiro atoms. The summed E-state index contributed by atoms with van der Waals surface area (Å²) in [5.41, 5.74) is 1.50. The van der Waals surface area contributed by atoms with Gasteiger partial charge in [0.25, 0.3) is 0 Å². The van der Waals surface area contributed by atoms with Crippen molar-refractivity contribution in [2.24, 2.45) is 5.92 Å². The summed E-state index contributed by atoms with van der Waals surface area (Å²) in [6.07, 6.45) is -0.181. The summed E-state index contributed by atoms with van der Waals surface area (Å²) in [6.45, 7) is 8.13. The highest BCUT2D eigenvalue weighted by molar-refractivity contribution is 5.81. The lowest BCUT2D eigenvalue weighted by atomic mass is 9.96. The molecule has 0 aliphatic carbocycles. The molecule has 0 heterocycles. The van der Waals surface area contributed by atoms with Gasteiger partial charge in [-0.15, -0.1) is 0 Å². The van der Waals surface area contributed by atoms with Crippen molar-refractivity contribution in [3.8, 4) is 11.5 Å². The summed E-state index contributed by atoms with van der Waals surface area (Å²) in [6, 6.07) is 15.0. The number of carbonyl (C=O) groups is 1. The zero-order valence-electron chi connectivity index (χ0n) is 16.9. The normalized spacial score (nSPS) is 12.9. The average molecular weight is 384 g/mol. The number of benzene rings is 2. The van der Waals surface area contributed by atoms with E-state index in [1.54, 1.807) is 14.2 Å². The monoisotopic (exact) mass is 384 g/mol. The molecule has 0 aliphatic rings. The van der Waals surface area contributed by atoms with Gasteiger partial charge in [0.2, 0.25) is 0 Å². The van der Waals surface area contributed by atoms with Gasteiger partial charge in [-0.25, -0.2) is 4.79 Å². The molecule has 0 saturated heterocycles. The number of methoxy groups -OCH3 is 2. The van der Waals surface area contributed by atoms with E-state index in [9.17, 15) is 4.79 Å². The standard InChI is InChI=1S/C23H28O5/c1-6-21(24)28-23(18-12-8-10-14-20(18)26-5)22(27-15-16(2)3)17-11-7-9-13-19(17)25-4/h6-14,16,22-23H,1,15H2,2-5H3/t22-,23+/m0/s1. The molecule has 0 unspecified atom stereocenters. The Kier molecular flexibility index (Phi) is 8.08. The van der Waals surface area contributed by atoms with Crippen LogP contribution in [0.1, 0.15) is 37.2 Å². The number of ether oxygens (including phenoxy) is 4. The molecule has 0 radical (unpaired) electrons. The first-order valence-electron chi connectivity index (χ1n) is 9.22. The predicted octanol–water partition coefficient (Wildman–Crippen LogP) is 4.89. The topological polar surface area (TPSA) is 54.0 Å². The Morgan fingerprint density at radius 3 is 1.89 bits per heavy atom. The van der Waals surface area contributed by atoms with E-state index in [0.717, 1.165) is 11.6 Å². The van der Waals surface area contributed by atoms with Crippen molar-refractivity contribution in [3.05, 3.63) is 72.3 Å². The van der Waals surface area contributed by atoms with Crippen LogP contribution in [0.2, 0.25) is 0 Å². The maximum absolute atomic E-state index is 12.2. The van der Waals surface area contributed by atoms with Gasteiger partial charge < -0.3 is 18.9 Å². The average Bonchev–Trinajstić information content (AvgIpc) is 2.72. The van der Waals surface area contributed by atoms with E-state index in [4.69, 9.17) is 18.9 Å². The first kappa shape index (κ1) is 21.5. The second-order valence-electron chi connectivity index (χ2n) is 6.69. The van der Waals surface area contributed by atoms with Crippen molar-refractivity contribution in [3.63, 3.8) is 0 Å². The highest BCUT2D eigenvalue weighted by Crippen LogP contribution is 2.42. The van der Waals surface area contributed by atoms with Gasteiger partial charge in [0.05, 0.1) is 14.2 Å². The molecule has 2 rings (SSSR count). The molecule has 0 bridgehead atoms. The van der Waals surface area contributed by atoms with E-state index in [2.05, 4.69) is 20.4 Å². The van der Waals surface area contributed by atoms with E-state index in [-0.39, 0.29) is 0 Å². The third kappa shape index (κ3) is 5.36. The van der Waals surface area contributed by atoms with Crippen LogP contribution in [0.5, 0.6) is 11.5 Å². The van der Waals surface area contributed by atoms with Crippen molar-refractivity contribution in [2.45, 2.75) is 26.1 Å². The molecular formula is C23H28O5. The van der Waals surface area contributed by atoms with Crippen LogP contribution in [0.25, 0.3) is 0 Å². The largest absolute Gasteiger partial charge is 0.496 e. The zero-order chi connectivity index (χ0) is 20.5. The minimum Gasteiger partial charge on any atom is -0.496 e. The molecular weight excluding hydrogens is 356 g/mol. The summed E-state index contributed by atoms with van der Waals surface area (Å²) < 4.78 is 23.0. The Morgan fingerprint density at radius 1 is 0.929 bits per heavy atom. The molecule has 0 N–H and O–H groups in total. The Labute approximate surface area is 166 Å². The van der Waals surface area contributed by atoms with Gasteiger partial charge in [0.1, 0.15) is 17.6 Å². The quantitative estimate of drug-likeness (QED) is 0.431. The molecule has 0 aliphatic heterocycles. The van der Waals surface area contributed by atoms with Crippen LogP contribution in [-0.2, 0) is 14.3 Å². The summed E-state index contributed by atoms with van der Waals surface area (Å²) in [5.74, 6) is 1.03. The second kappa shape index (κ2) is 10.5. The maximum atomic E-state index is 12.2. The van der Waals surface area contributed by atoms with Crippen LogP contribution in [-0.4, -0.2) is 26.8 Å². The Balaban J connectivity index is 2.59. The number of rotatable bonds is 10. The van der Waals surface area contributed by atoms with Gasteiger partial charge >= 0.3 is 5.97 Å². The molecule has 150 valence electrons. The van der Waals surface area contributed by atoms with Crippen LogP contribution < -0.4 is 9.47 Å². The molecule has 5 heteroatoms. The summed E-state index contributed by atoms with van der Waals surface area (Å²) in [5, 5.41) is 0. The predicted molar refractivity (Wildman–Crippen MR) is 109 cm³/mol. The van der Waals surface area contributed by atoms with Crippen LogP contribution in [0, 0.1) is 5.92 Å². The van der Waals surface area contributed by atoms with E-state index in [1.165, 1.54) is 0 Å². The number of hydrogen-bond donors (Lipinski definition) is 0. The smallest absolute Gasteiger partial charge is 0.330 e. The van der Waals surface area contributed by atoms with Crippen molar-refractivity contribution < 1.29 is 23.7 Å². The number of carbonyl (C=O) groups excluding carboxylic acids is 1. The SMILES string of the molecule is C=CC(=O)O[C@H](c1ccccc1OC)[C@@H](OCC(C)C)c1ccccc1OC. The van der Waals surface area contributed by atoms with Crippen molar-refractivity contribution in [2.75, 3.05) is 20.8 Å². The highest BCUT2D eigenvalue weighted by atomic mass is 16.6. The fourth-order valence-electron chi connectivity index (χ4n) is 2.90. The van der Waals surface area contributed by atoms with E-state index < -0.39 is 18.2 Å². The zero-order valence-corrected chi connectivity index (χ0v) is 16.9.